The van der Waals surface area contributed by atoms with Gasteiger partial charge >= 0.3 is 11.9 Å². The van der Waals surface area contributed by atoms with E-state index in [0.29, 0.717) is 35.6 Å². The van der Waals surface area contributed by atoms with Crippen molar-refractivity contribution in [3.63, 3.8) is 0 Å². The Hall–Kier alpha value is -1.89. The van der Waals surface area contributed by atoms with Gasteiger partial charge in [-0.15, -0.1) is 11.3 Å². The van der Waals surface area contributed by atoms with Crippen molar-refractivity contribution in [2.45, 2.75) is 65.2 Å². The molecule has 0 aliphatic heterocycles. The second-order valence-corrected chi connectivity index (χ2v) is 7.32. The molecule has 1 aromatic heterocycles. The quantitative estimate of drug-likeness (QED) is 0.687. The first kappa shape index (κ1) is 20.4. The first-order valence-electron chi connectivity index (χ1n) is 9.32. The zero-order chi connectivity index (χ0) is 19.1. The van der Waals surface area contributed by atoms with Crippen LogP contribution in [0, 0.1) is 0 Å². The number of hydrogen-bond donors (Lipinski definition) is 1. The fourth-order valence-electron chi connectivity index (χ4n) is 3.16. The number of thiophene rings is 1. The number of esters is 2. The van der Waals surface area contributed by atoms with Crippen LogP contribution in [0.25, 0.3) is 0 Å². The molecule has 1 N–H and O–H groups in total. The van der Waals surface area contributed by atoms with Crippen LogP contribution in [0.4, 0.5) is 5.00 Å². The number of carbonyl (C=O) groups excluding carboxylic acids is 3. The molecule has 26 heavy (non-hydrogen) atoms. The summed E-state index contributed by atoms with van der Waals surface area (Å²) in [5.41, 5.74) is 1.01. The highest BCUT2D eigenvalue weighted by Gasteiger charge is 2.36. The Kier molecular flexibility index (Phi) is 7.63. The van der Waals surface area contributed by atoms with Crippen molar-refractivity contribution in [1.29, 1.82) is 0 Å². The Morgan fingerprint density at radius 3 is 2.54 bits per heavy atom. The zero-order valence-electron chi connectivity index (χ0n) is 15.7. The fourth-order valence-corrected chi connectivity index (χ4v) is 4.46. The molecule has 1 amide bonds. The molecule has 1 atom stereocenters. The Balaban J connectivity index is 2.41. The number of hydrogen-bond acceptors (Lipinski definition) is 6. The maximum Gasteiger partial charge on any atom is 0.341 e. The molecule has 1 aliphatic rings. The summed E-state index contributed by atoms with van der Waals surface area (Å²) in [6.45, 7) is 6.05. The smallest absolute Gasteiger partial charge is 0.341 e. The molecule has 0 aromatic carbocycles. The van der Waals surface area contributed by atoms with E-state index in [4.69, 9.17) is 9.47 Å². The summed E-state index contributed by atoms with van der Waals surface area (Å²) in [4.78, 5) is 38.2. The van der Waals surface area contributed by atoms with E-state index < -0.39 is 11.9 Å². The van der Waals surface area contributed by atoms with Crippen LogP contribution in [-0.2, 0) is 25.5 Å². The largest absolute Gasteiger partial charge is 0.466 e. The minimum absolute atomic E-state index is 0.122. The number of carbonyl (C=O) groups is 3. The topological polar surface area (TPSA) is 81.7 Å². The molecular formula is C19H27NO5S. The number of ether oxygens (including phenoxy) is 2. The van der Waals surface area contributed by atoms with Crippen molar-refractivity contribution in [3.05, 3.63) is 16.0 Å². The number of anilines is 1. The number of rotatable bonds is 8. The van der Waals surface area contributed by atoms with Crippen molar-refractivity contribution < 1.29 is 23.9 Å². The maximum absolute atomic E-state index is 12.6. The van der Waals surface area contributed by atoms with Crippen LogP contribution in [-0.4, -0.2) is 31.1 Å². The van der Waals surface area contributed by atoms with E-state index in [0.717, 1.165) is 30.6 Å². The van der Waals surface area contributed by atoms with Crippen LogP contribution in [0.5, 0.6) is 0 Å². The summed E-state index contributed by atoms with van der Waals surface area (Å²) >= 11 is 1.38. The van der Waals surface area contributed by atoms with Gasteiger partial charge < -0.3 is 14.8 Å². The van der Waals surface area contributed by atoms with E-state index in [-0.39, 0.29) is 18.5 Å². The van der Waals surface area contributed by atoms with Gasteiger partial charge in [-0.05, 0) is 45.1 Å². The summed E-state index contributed by atoms with van der Waals surface area (Å²) in [6.07, 6.45) is 4.39. The van der Waals surface area contributed by atoms with E-state index in [2.05, 4.69) is 5.32 Å². The Morgan fingerprint density at radius 1 is 1.15 bits per heavy atom. The normalized spacial score (nSPS) is 15.9. The van der Waals surface area contributed by atoms with Gasteiger partial charge in [0, 0.05) is 11.3 Å². The molecule has 0 fully saturated rings. The third-order valence-electron chi connectivity index (χ3n) is 4.33. The zero-order valence-corrected chi connectivity index (χ0v) is 16.5. The standard InChI is InChI=1S/C19H27NO5S/c1-4-7-11-14(21)20-17-16(19(23)25-6-3)15-12(18(22)24-5-2)9-8-10-13(15)26-17/h12H,4-11H2,1-3H3,(H,20,21). The molecule has 1 aromatic rings. The SMILES string of the molecule is CCCCC(=O)Nc1sc2c(c1C(=O)OCC)C(C(=O)OCC)CCC2. The molecule has 0 saturated carbocycles. The molecule has 0 spiro atoms. The van der Waals surface area contributed by atoms with Gasteiger partial charge in [-0.2, -0.15) is 0 Å². The average molecular weight is 381 g/mol. The van der Waals surface area contributed by atoms with E-state index >= 15 is 0 Å². The molecule has 1 aliphatic carbocycles. The third-order valence-corrected chi connectivity index (χ3v) is 5.51. The predicted octanol–water partition coefficient (Wildman–Crippen LogP) is 4.04. The molecule has 1 heterocycles. The van der Waals surface area contributed by atoms with Gasteiger partial charge in [0.15, 0.2) is 0 Å². The van der Waals surface area contributed by atoms with Crippen LogP contribution in [0.3, 0.4) is 0 Å². The highest BCUT2D eigenvalue weighted by molar-refractivity contribution is 7.17. The summed E-state index contributed by atoms with van der Waals surface area (Å²) in [5.74, 6) is -1.41. The second kappa shape index (κ2) is 9.71. The summed E-state index contributed by atoms with van der Waals surface area (Å²) < 4.78 is 10.4. The second-order valence-electron chi connectivity index (χ2n) is 6.21. The molecule has 0 bridgehead atoms. The first-order valence-corrected chi connectivity index (χ1v) is 10.1. The van der Waals surface area contributed by atoms with E-state index in [9.17, 15) is 14.4 Å². The van der Waals surface area contributed by atoms with Gasteiger partial charge in [-0.25, -0.2) is 4.79 Å². The van der Waals surface area contributed by atoms with Gasteiger partial charge in [0.1, 0.15) is 5.00 Å². The van der Waals surface area contributed by atoms with E-state index in [1.54, 1.807) is 13.8 Å². The van der Waals surface area contributed by atoms with Crippen LogP contribution in [0.1, 0.15) is 79.6 Å². The number of amides is 1. The van der Waals surface area contributed by atoms with Crippen molar-refractivity contribution in [1.82, 2.24) is 0 Å². The van der Waals surface area contributed by atoms with Gasteiger partial charge in [0.05, 0.1) is 24.7 Å². The Labute approximate surface area is 158 Å². The van der Waals surface area contributed by atoms with Crippen molar-refractivity contribution in [2.24, 2.45) is 0 Å². The highest BCUT2D eigenvalue weighted by Crippen LogP contribution is 2.44. The molecule has 1 unspecified atom stereocenters. The molecule has 0 saturated heterocycles. The first-order chi connectivity index (χ1) is 12.5. The van der Waals surface area contributed by atoms with Gasteiger partial charge in [-0.3, -0.25) is 9.59 Å². The number of unbranched alkanes of at least 4 members (excludes halogenated alkanes) is 1. The number of nitrogens with one attached hydrogen (secondary N) is 1. The molecular weight excluding hydrogens is 354 g/mol. The summed E-state index contributed by atoms with van der Waals surface area (Å²) in [5, 5.41) is 3.35. The van der Waals surface area contributed by atoms with Gasteiger partial charge in [0.2, 0.25) is 5.91 Å². The fraction of sp³-hybridized carbons (Fsp3) is 0.632. The lowest BCUT2D eigenvalue weighted by Crippen LogP contribution is -2.23. The molecule has 0 radical (unpaired) electrons. The molecule has 7 heteroatoms. The van der Waals surface area contributed by atoms with Crippen LogP contribution in [0.15, 0.2) is 0 Å². The van der Waals surface area contributed by atoms with E-state index in [1.165, 1.54) is 11.3 Å². The van der Waals surface area contributed by atoms with Crippen LogP contribution < -0.4 is 5.32 Å². The predicted molar refractivity (Wildman–Crippen MR) is 101 cm³/mol. The highest BCUT2D eigenvalue weighted by atomic mass is 32.1. The summed E-state index contributed by atoms with van der Waals surface area (Å²) in [6, 6.07) is 0. The van der Waals surface area contributed by atoms with Crippen LogP contribution in [0.2, 0.25) is 0 Å². The van der Waals surface area contributed by atoms with Crippen molar-refractivity contribution in [3.8, 4) is 0 Å². The monoisotopic (exact) mass is 381 g/mol. The number of fused-ring (bicyclic) bond motifs is 1. The molecule has 6 nitrogen and oxygen atoms in total. The van der Waals surface area contributed by atoms with E-state index in [1.807, 2.05) is 6.92 Å². The van der Waals surface area contributed by atoms with Gasteiger partial charge in [-0.1, -0.05) is 13.3 Å². The Morgan fingerprint density at radius 2 is 1.88 bits per heavy atom. The van der Waals surface area contributed by atoms with Crippen LogP contribution >= 0.6 is 11.3 Å². The lowest BCUT2D eigenvalue weighted by atomic mass is 9.85. The summed E-state index contributed by atoms with van der Waals surface area (Å²) in [7, 11) is 0. The Bertz CT molecular complexity index is 667. The third kappa shape index (κ3) is 4.63. The molecule has 2 rings (SSSR count). The lowest BCUT2D eigenvalue weighted by Gasteiger charge is -2.22. The van der Waals surface area contributed by atoms with Crippen molar-refractivity contribution >= 4 is 34.2 Å². The molecule has 144 valence electrons. The van der Waals surface area contributed by atoms with Crippen molar-refractivity contribution in [2.75, 3.05) is 18.5 Å². The maximum atomic E-state index is 12.6. The number of aryl methyl sites for hydroxylation is 1. The van der Waals surface area contributed by atoms with Gasteiger partial charge in [0.25, 0.3) is 0 Å². The lowest BCUT2D eigenvalue weighted by molar-refractivity contribution is -0.145. The average Bonchev–Trinajstić information content (AvgIpc) is 2.98. The minimum atomic E-state index is -0.494. The minimum Gasteiger partial charge on any atom is -0.466 e.